The molecule has 1 N–H and O–H groups in total. The van der Waals surface area contributed by atoms with Crippen LogP contribution in [0.15, 0.2) is 24.3 Å². The summed E-state index contributed by atoms with van der Waals surface area (Å²) in [5, 5.41) is 9.19. The van der Waals surface area contributed by atoms with Crippen molar-refractivity contribution in [1.29, 1.82) is 0 Å². The van der Waals surface area contributed by atoms with Gasteiger partial charge in [0.2, 0.25) is 0 Å². The summed E-state index contributed by atoms with van der Waals surface area (Å²) in [4.78, 5) is 11.2. The van der Waals surface area contributed by atoms with Gasteiger partial charge in [-0.15, -0.1) is 0 Å². The van der Waals surface area contributed by atoms with Crippen molar-refractivity contribution >= 4 is 5.97 Å². The highest BCUT2D eigenvalue weighted by Crippen LogP contribution is 2.34. The second-order valence-corrected chi connectivity index (χ2v) is 4.07. The maximum absolute atomic E-state index is 11.2. The average molecular weight is 222 g/mol. The summed E-state index contributed by atoms with van der Waals surface area (Å²) >= 11 is 0. The van der Waals surface area contributed by atoms with Gasteiger partial charge in [0, 0.05) is 0 Å². The van der Waals surface area contributed by atoms with E-state index >= 15 is 0 Å². The van der Waals surface area contributed by atoms with Crippen LogP contribution in [0.25, 0.3) is 0 Å². The first-order valence-corrected chi connectivity index (χ1v) is 5.11. The lowest BCUT2D eigenvalue weighted by atomic mass is 9.79. The van der Waals surface area contributed by atoms with Crippen molar-refractivity contribution < 1.29 is 19.4 Å². The van der Waals surface area contributed by atoms with E-state index in [1.807, 2.05) is 24.3 Å². The Labute approximate surface area is 93.8 Å². The third-order valence-corrected chi connectivity index (χ3v) is 2.93. The van der Waals surface area contributed by atoms with Crippen molar-refractivity contribution in [3.8, 4) is 5.75 Å². The maximum Gasteiger partial charge on any atom is 0.314 e. The highest BCUT2D eigenvalue weighted by Gasteiger charge is 2.46. The molecule has 1 fully saturated rings. The van der Waals surface area contributed by atoms with E-state index in [1.165, 1.54) is 0 Å². The molecule has 1 aromatic rings. The van der Waals surface area contributed by atoms with Crippen molar-refractivity contribution in [1.82, 2.24) is 0 Å². The average Bonchev–Trinajstić information content (AvgIpc) is 2.23. The Morgan fingerprint density at radius 1 is 1.50 bits per heavy atom. The van der Waals surface area contributed by atoms with Gasteiger partial charge in [-0.3, -0.25) is 4.79 Å². The van der Waals surface area contributed by atoms with Crippen LogP contribution in [0.4, 0.5) is 0 Å². The van der Waals surface area contributed by atoms with Gasteiger partial charge in [-0.2, -0.15) is 0 Å². The molecule has 0 unspecified atom stereocenters. The number of aliphatic carboxylic acids is 1. The summed E-state index contributed by atoms with van der Waals surface area (Å²) in [6.45, 7) is 0.556. The molecular formula is C12H14O4. The van der Waals surface area contributed by atoms with Crippen LogP contribution in [0.1, 0.15) is 5.56 Å². The quantitative estimate of drug-likeness (QED) is 0.835. The molecule has 0 aromatic heterocycles. The van der Waals surface area contributed by atoms with Crippen molar-refractivity contribution in [3.63, 3.8) is 0 Å². The number of benzene rings is 1. The fourth-order valence-corrected chi connectivity index (χ4v) is 1.86. The van der Waals surface area contributed by atoms with Gasteiger partial charge in [-0.1, -0.05) is 18.2 Å². The molecule has 4 heteroatoms. The second kappa shape index (κ2) is 4.14. The second-order valence-electron chi connectivity index (χ2n) is 4.07. The number of carbonyl (C=O) groups is 1. The summed E-state index contributed by atoms with van der Waals surface area (Å²) in [5.41, 5.74) is 0.143. The number of carboxylic acid groups (broad SMARTS) is 1. The number of methoxy groups -OCH3 is 1. The first-order chi connectivity index (χ1) is 7.68. The topological polar surface area (TPSA) is 55.8 Å². The number of para-hydroxylation sites is 1. The van der Waals surface area contributed by atoms with Gasteiger partial charge in [0.15, 0.2) is 0 Å². The number of rotatable bonds is 4. The summed E-state index contributed by atoms with van der Waals surface area (Å²) < 4.78 is 10.2. The van der Waals surface area contributed by atoms with E-state index in [1.54, 1.807) is 7.11 Å². The Morgan fingerprint density at radius 2 is 2.19 bits per heavy atom. The van der Waals surface area contributed by atoms with Gasteiger partial charge < -0.3 is 14.6 Å². The van der Waals surface area contributed by atoms with Gasteiger partial charge in [0.25, 0.3) is 0 Å². The normalized spacial score (nSPS) is 17.6. The zero-order chi connectivity index (χ0) is 11.6. The Bertz CT molecular complexity index is 396. The molecule has 1 aliphatic rings. The largest absolute Gasteiger partial charge is 0.496 e. The lowest BCUT2D eigenvalue weighted by Crippen LogP contribution is -2.50. The lowest BCUT2D eigenvalue weighted by Gasteiger charge is -2.37. The van der Waals surface area contributed by atoms with Gasteiger partial charge in [0.05, 0.1) is 20.3 Å². The van der Waals surface area contributed by atoms with Gasteiger partial charge >= 0.3 is 5.97 Å². The van der Waals surface area contributed by atoms with Gasteiger partial charge in [-0.25, -0.2) is 0 Å². The Balaban J connectivity index is 2.22. The summed E-state index contributed by atoms with van der Waals surface area (Å²) in [5.74, 6) is -0.0697. The number of hydrogen-bond acceptors (Lipinski definition) is 3. The van der Waals surface area contributed by atoms with Crippen LogP contribution in [0.3, 0.4) is 0 Å². The third-order valence-electron chi connectivity index (χ3n) is 2.93. The van der Waals surface area contributed by atoms with E-state index in [0.29, 0.717) is 6.42 Å². The van der Waals surface area contributed by atoms with Crippen LogP contribution in [0.2, 0.25) is 0 Å². The van der Waals surface area contributed by atoms with Crippen LogP contribution >= 0.6 is 0 Å². The minimum Gasteiger partial charge on any atom is -0.496 e. The zero-order valence-corrected chi connectivity index (χ0v) is 9.10. The van der Waals surface area contributed by atoms with E-state index in [2.05, 4.69) is 0 Å². The SMILES string of the molecule is COc1ccccc1CC1(C(=O)O)COC1. The molecule has 0 radical (unpaired) electrons. The molecule has 0 bridgehead atoms. The smallest absolute Gasteiger partial charge is 0.314 e. The monoisotopic (exact) mass is 222 g/mol. The van der Waals surface area contributed by atoms with E-state index in [4.69, 9.17) is 9.47 Å². The summed E-state index contributed by atoms with van der Waals surface area (Å²) in [6.07, 6.45) is 0.451. The molecule has 0 spiro atoms. The number of ether oxygens (including phenoxy) is 2. The predicted octanol–water partition coefficient (Wildman–Crippen LogP) is 1.34. The number of hydrogen-bond donors (Lipinski definition) is 1. The predicted molar refractivity (Wildman–Crippen MR) is 57.6 cm³/mol. The van der Waals surface area contributed by atoms with Crippen LogP contribution < -0.4 is 4.74 Å². The molecule has 1 aliphatic heterocycles. The molecule has 4 nitrogen and oxygen atoms in total. The van der Waals surface area contributed by atoms with Crippen molar-refractivity contribution in [2.24, 2.45) is 5.41 Å². The molecule has 0 amide bonds. The Kier molecular flexibility index (Phi) is 2.83. The highest BCUT2D eigenvalue weighted by molar-refractivity contribution is 5.76. The summed E-state index contributed by atoms with van der Waals surface area (Å²) in [6, 6.07) is 7.48. The lowest BCUT2D eigenvalue weighted by molar-refractivity contribution is -0.179. The highest BCUT2D eigenvalue weighted by atomic mass is 16.5. The molecule has 1 aromatic carbocycles. The molecule has 1 saturated heterocycles. The third kappa shape index (κ3) is 1.76. The first kappa shape index (κ1) is 11.0. The van der Waals surface area contributed by atoms with Gasteiger partial charge in [0.1, 0.15) is 11.2 Å². The molecular weight excluding hydrogens is 208 g/mol. The maximum atomic E-state index is 11.2. The standard InChI is InChI=1S/C12H14O4/c1-15-10-5-3-2-4-9(10)6-12(11(13)14)7-16-8-12/h2-5H,6-8H2,1H3,(H,13,14). The van der Waals surface area contributed by atoms with Crippen LogP contribution in [0, 0.1) is 5.41 Å². The molecule has 1 heterocycles. The van der Waals surface area contributed by atoms with Crippen LogP contribution in [-0.2, 0) is 16.0 Å². The van der Waals surface area contributed by atoms with Crippen molar-refractivity contribution in [2.75, 3.05) is 20.3 Å². The van der Waals surface area contributed by atoms with Crippen LogP contribution in [-0.4, -0.2) is 31.4 Å². The molecule has 0 aliphatic carbocycles. The molecule has 0 atom stereocenters. The fourth-order valence-electron chi connectivity index (χ4n) is 1.86. The Morgan fingerprint density at radius 3 is 2.69 bits per heavy atom. The minimum absolute atomic E-state index is 0.278. The molecule has 0 saturated carbocycles. The van der Waals surface area contributed by atoms with E-state index in [-0.39, 0.29) is 13.2 Å². The van der Waals surface area contributed by atoms with Crippen molar-refractivity contribution in [3.05, 3.63) is 29.8 Å². The number of carboxylic acids is 1. The first-order valence-electron chi connectivity index (χ1n) is 5.11. The van der Waals surface area contributed by atoms with Gasteiger partial charge in [-0.05, 0) is 18.1 Å². The zero-order valence-electron chi connectivity index (χ0n) is 9.10. The molecule has 86 valence electrons. The molecule has 2 rings (SSSR count). The van der Waals surface area contributed by atoms with Crippen molar-refractivity contribution in [2.45, 2.75) is 6.42 Å². The van der Waals surface area contributed by atoms with E-state index in [0.717, 1.165) is 11.3 Å². The Hall–Kier alpha value is -1.55. The molecule has 16 heavy (non-hydrogen) atoms. The fraction of sp³-hybridized carbons (Fsp3) is 0.417. The minimum atomic E-state index is -0.801. The summed E-state index contributed by atoms with van der Waals surface area (Å²) in [7, 11) is 1.59. The van der Waals surface area contributed by atoms with E-state index < -0.39 is 11.4 Å². The van der Waals surface area contributed by atoms with Crippen LogP contribution in [0.5, 0.6) is 5.75 Å². The van der Waals surface area contributed by atoms with E-state index in [9.17, 15) is 9.90 Å².